The van der Waals surface area contributed by atoms with E-state index in [2.05, 4.69) is 5.32 Å². The maximum Gasteiger partial charge on any atom is 0.336 e. The zero-order valence-corrected chi connectivity index (χ0v) is 10.9. The Kier molecular flexibility index (Phi) is 5.59. The van der Waals surface area contributed by atoms with Crippen molar-refractivity contribution in [2.24, 2.45) is 0 Å². The molecule has 1 aromatic rings. The molecule has 0 spiro atoms. The molecule has 0 saturated heterocycles. The first-order valence-electron chi connectivity index (χ1n) is 4.98. The lowest BCUT2D eigenvalue weighted by atomic mass is 10.3. The number of nitrogens with one attached hydrogen (secondary N) is 1. The van der Waals surface area contributed by atoms with Crippen LogP contribution in [0.15, 0.2) is 11.4 Å². The number of nitrogens with zero attached hydrogens (tertiary/aromatic N) is 1. The third-order valence-electron chi connectivity index (χ3n) is 2.02. The average molecular weight is 263 g/mol. The van der Waals surface area contributed by atoms with E-state index in [1.807, 2.05) is 18.4 Å². The Morgan fingerprint density at radius 2 is 2.44 bits per heavy atom. The number of ether oxygens (including phenoxy) is 1. The third-order valence-corrected chi connectivity index (χ3v) is 3.41. The van der Waals surface area contributed by atoms with Crippen molar-refractivity contribution < 1.29 is 9.53 Å². The van der Waals surface area contributed by atoms with Crippen molar-refractivity contribution in [3.05, 3.63) is 16.3 Å². The molecular formula is C10H15ClN2O2S. The van der Waals surface area contributed by atoms with Crippen LogP contribution in [0.4, 0.5) is 10.5 Å². The summed E-state index contributed by atoms with van der Waals surface area (Å²) in [6.07, 6.45) is 0.896. The van der Waals surface area contributed by atoms with Crippen molar-refractivity contribution in [3.63, 3.8) is 0 Å². The van der Waals surface area contributed by atoms with E-state index in [0.29, 0.717) is 13.2 Å². The summed E-state index contributed by atoms with van der Waals surface area (Å²) in [5.74, 6) is 0. The Labute approximate surface area is 104 Å². The molecule has 1 heterocycles. The van der Waals surface area contributed by atoms with Crippen molar-refractivity contribution in [1.82, 2.24) is 4.42 Å². The van der Waals surface area contributed by atoms with Gasteiger partial charge in [-0.3, -0.25) is 0 Å². The van der Waals surface area contributed by atoms with Crippen molar-refractivity contribution in [3.8, 4) is 0 Å². The second-order valence-corrected chi connectivity index (χ2v) is 4.53. The number of carbonyl (C=O) groups is 1. The monoisotopic (exact) mass is 262 g/mol. The fourth-order valence-electron chi connectivity index (χ4n) is 1.17. The van der Waals surface area contributed by atoms with Gasteiger partial charge in [-0.25, -0.2) is 9.21 Å². The molecule has 6 heteroatoms. The molecule has 0 atom stereocenters. The highest BCUT2D eigenvalue weighted by molar-refractivity contribution is 7.10. The van der Waals surface area contributed by atoms with Crippen LogP contribution >= 0.6 is 23.1 Å². The highest BCUT2D eigenvalue weighted by atomic mass is 35.5. The largest absolute Gasteiger partial charge is 0.383 e. The Morgan fingerprint density at radius 1 is 1.69 bits per heavy atom. The van der Waals surface area contributed by atoms with Gasteiger partial charge >= 0.3 is 6.03 Å². The summed E-state index contributed by atoms with van der Waals surface area (Å²) in [6, 6.07) is 1.55. The van der Waals surface area contributed by atoms with E-state index in [9.17, 15) is 4.79 Å². The predicted molar refractivity (Wildman–Crippen MR) is 67.2 cm³/mol. The summed E-state index contributed by atoms with van der Waals surface area (Å²) < 4.78 is 5.92. The van der Waals surface area contributed by atoms with Crippen molar-refractivity contribution in [2.45, 2.75) is 13.3 Å². The zero-order chi connectivity index (χ0) is 12.0. The summed E-state index contributed by atoms with van der Waals surface area (Å²) >= 11 is 7.39. The van der Waals surface area contributed by atoms with E-state index < -0.39 is 0 Å². The molecule has 0 aliphatic carbocycles. The number of anilines is 1. The second-order valence-electron chi connectivity index (χ2n) is 3.12. The van der Waals surface area contributed by atoms with Gasteiger partial charge in [0.15, 0.2) is 0 Å². The lowest BCUT2D eigenvalue weighted by molar-refractivity contribution is 0.180. The molecule has 0 radical (unpaired) electrons. The Bertz CT molecular complexity index is 343. The van der Waals surface area contributed by atoms with Crippen LogP contribution in [-0.2, 0) is 11.2 Å². The van der Waals surface area contributed by atoms with Gasteiger partial charge in [0.25, 0.3) is 0 Å². The highest BCUT2D eigenvalue weighted by Gasteiger charge is 2.12. The lowest BCUT2D eigenvalue weighted by Crippen LogP contribution is -2.29. The quantitative estimate of drug-likeness (QED) is 0.829. The molecule has 90 valence electrons. The molecule has 1 N–H and O–H groups in total. The summed E-state index contributed by atoms with van der Waals surface area (Å²) in [4.78, 5) is 12.8. The van der Waals surface area contributed by atoms with Crippen LogP contribution in [0, 0.1) is 0 Å². The number of urea groups is 1. The van der Waals surface area contributed by atoms with E-state index in [0.717, 1.165) is 21.4 Å². The maximum absolute atomic E-state index is 11.6. The Balaban J connectivity index is 2.50. The lowest BCUT2D eigenvalue weighted by Gasteiger charge is -2.14. The van der Waals surface area contributed by atoms with Crippen LogP contribution in [0.1, 0.15) is 11.8 Å². The molecule has 0 aromatic carbocycles. The van der Waals surface area contributed by atoms with Crippen LogP contribution in [0.2, 0.25) is 0 Å². The van der Waals surface area contributed by atoms with E-state index in [1.165, 1.54) is 0 Å². The molecule has 16 heavy (non-hydrogen) atoms. The molecule has 4 nitrogen and oxygen atoms in total. The predicted octanol–water partition coefficient (Wildman–Crippen LogP) is 2.94. The standard InChI is InChI=1S/C10H15ClN2O2S/c1-3-9-8(4-7-16-9)12-10(14)13(11)5-6-15-2/h4,7H,3,5-6H2,1-2H3,(H,12,14). The van der Waals surface area contributed by atoms with Gasteiger partial charge in [-0.15, -0.1) is 11.3 Å². The normalized spacial score (nSPS) is 10.2. The van der Waals surface area contributed by atoms with E-state index >= 15 is 0 Å². The number of methoxy groups -OCH3 is 1. The van der Waals surface area contributed by atoms with Gasteiger partial charge in [0, 0.05) is 23.8 Å². The van der Waals surface area contributed by atoms with Gasteiger partial charge < -0.3 is 10.1 Å². The minimum Gasteiger partial charge on any atom is -0.383 e. The number of rotatable bonds is 5. The number of hydrogen-bond donors (Lipinski definition) is 1. The molecule has 0 bridgehead atoms. The van der Waals surface area contributed by atoms with Crippen molar-refractivity contribution >= 4 is 34.8 Å². The van der Waals surface area contributed by atoms with E-state index in [1.54, 1.807) is 18.4 Å². The number of hydrogen-bond acceptors (Lipinski definition) is 3. The maximum atomic E-state index is 11.6. The van der Waals surface area contributed by atoms with Crippen molar-refractivity contribution in [2.75, 3.05) is 25.6 Å². The summed E-state index contributed by atoms with van der Waals surface area (Å²) in [5.41, 5.74) is 0.834. The zero-order valence-electron chi connectivity index (χ0n) is 9.33. The molecule has 1 aromatic heterocycles. The van der Waals surface area contributed by atoms with Gasteiger partial charge in [0.05, 0.1) is 18.8 Å². The second kappa shape index (κ2) is 6.73. The fraction of sp³-hybridized carbons (Fsp3) is 0.500. The number of thiophene rings is 1. The number of amides is 2. The smallest absolute Gasteiger partial charge is 0.336 e. The summed E-state index contributed by atoms with van der Waals surface area (Å²) in [6.45, 7) is 2.82. The van der Waals surface area contributed by atoms with Gasteiger partial charge in [0.1, 0.15) is 0 Å². The molecule has 0 unspecified atom stereocenters. The van der Waals surface area contributed by atoms with Gasteiger partial charge in [-0.05, 0) is 17.9 Å². The molecule has 1 rings (SSSR count). The summed E-state index contributed by atoms with van der Waals surface area (Å²) in [7, 11) is 1.57. The average Bonchev–Trinajstić information content (AvgIpc) is 2.72. The first kappa shape index (κ1) is 13.3. The minimum atomic E-state index is -0.327. The van der Waals surface area contributed by atoms with Crippen LogP contribution in [-0.4, -0.2) is 30.7 Å². The molecule has 0 fully saturated rings. The topological polar surface area (TPSA) is 41.6 Å². The highest BCUT2D eigenvalue weighted by Crippen LogP contribution is 2.23. The Hall–Kier alpha value is -0.780. The van der Waals surface area contributed by atoms with Crippen LogP contribution < -0.4 is 5.32 Å². The number of halogens is 1. The third kappa shape index (κ3) is 3.66. The minimum absolute atomic E-state index is 0.327. The molecule has 0 aliphatic heterocycles. The number of carbonyl (C=O) groups excluding carboxylic acids is 1. The van der Waals surface area contributed by atoms with Gasteiger partial charge in [-0.1, -0.05) is 6.92 Å². The molecule has 2 amide bonds. The van der Waals surface area contributed by atoms with Crippen molar-refractivity contribution in [1.29, 1.82) is 0 Å². The first-order chi connectivity index (χ1) is 7.69. The van der Waals surface area contributed by atoms with Gasteiger partial charge in [0.2, 0.25) is 0 Å². The molecule has 0 aliphatic rings. The SMILES string of the molecule is CCc1sccc1NC(=O)N(Cl)CCOC. The van der Waals surface area contributed by atoms with E-state index in [-0.39, 0.29) is 6.03 Å². The Morgan fingerprint density at radius 3 is 3.06 bits per heavy atom. The molecule has 0 saturated carbocycles. The number of aryl methyl sites for hydroxylation is 1. The fourth-order valence-corrected chi connectivity index (χ4v) is 2.07. The van der Waals surface area contributed by atoms with E-state index in [4.69, 9.17) is 16.5 Å². The van der Waals surface area contributed by atoms with Crippen LogP contribution in [0.3, 0.4) is 0 Å². The first-order valence-corrected chi connectivity index (χ1v) is 6.20. The van der Waals surface area contributed by atoms with Crippen LogP contribution in [0.25, 0.3) is 0 Å². The molecular weight excluding hydrogens is 248 g/mol. The van der Waals surface area contributed by atoms with Crippen LogP contribution in [0.5, 0.6) is 0 Å². The van der Waals surface area contributed by atoms with Gasteiger partial charge in [-0.2, -0.15) is 0 Å². The summed E-state index contributed by atoms with van der Waals surface area (Å²) in [5, 5.41) is 4.71.